The Morgan fingerprint density at radius 1 is 1.06 bits per heavy atom. The largest absolute Gasteiger partial charge is 0.480 e. The van der Waals surface area contributed by atoms with Crippen LogP contribution in [0.4, 0.5) is 4.79 Å². The Balaban J connectivity index is 1.32. The van der Waals surface area contributed by atoms with Crippen LogP contribution in [0.1, 0.15) is 44.2 Å². The first-order valence-electron chi connectivity index (χ1n) is 11.9. The fraction of sp³-hybridized carbons (Fsp3) is 0.444. The third-order valence-electron chi connectivity index (χ3n) is 6.72. The molecule has 35 heavy (non-hydrogen) atoms. The Hall–Kier alpha value is -3.39. The predicted molar refractivity (Wildman–Crippen MR) is 130 cm³/mol. The number of hydrogen-bond donors (Lipinski definition) is 3. The van der Waals surface area contributed by atoms with Crippen molar-refractivity contribution >= 4 is 18.0 Å². The molecular formula is C27H32N2O6. The topological polar surface area (TPSA) is 114 Å². The maximum Gasteiger partial charge on any atom is 0.407 e. The van der Waals surface area contributed by atoms with Gasteiger partial charge in [0.15, 0.2) is 0 Å². The molecule has 1 fully saturated rings. The van der Waals surface area contributed by atoms with Crippen LogP contribution in [0.15, 0.2) is 48.5 Å². The van der Waals surface area contributed by atoms with Crippen molar-refractivity contribution in [3.8, 4) is 11.1 Å². The lowest BCUT2D eigenvalue weighted by atomic mass is 9.86. The van der Waals surface area contributed by atoms with Gasteiger partial charge in [-0.1, -0.05) is 69.3 Å². The SMILES string of the molecule is CC(C)(C)[C@H](NC(=O)[C@H]1OCC[C@H]1CNC(=O)OCC1c2ccccc2-c2ccccc21)C(=O)O. The van der Waals surface area contributed by atoms with Gasteiger partial charge in [-0.25, -0.2) is 9.59 Å². The average molecular weight is 481 g/mol. The summed E-state index contributed by atoms with van der Waals surface area (Å²) in [5.41, 5.74) is 3.92. The van der Waals surface area contributed by atoms with Crippen molar-refractivity contribution in [2.75, 3.05) is 19.8 Å². The molecular weight excluding hydrogens is 448 g/mol. The van der Waals surface area contributed by atoms with Gasteiger partial charge in [0.05, 0.1) is 0 Å². The fourth-order valence-electron chi connectivity index (χ4n) is 4.87. The zero-order valence-electron chi connectivity index (χ0n) is 20.2. The molecule has 4 rings (SSSR count). The molecule has 1 aliphatic heterocycles. The molecule has 0 unspecified atom stereocenters. The number of carbonyl (C=O) groups is 3. The van der Waals surface area contributed by atoms with Crippen LogP contribution in [0.3, 0.4) is 0 Å². The Bertz CT molecular complexity index is 1060. The van der Waals surface area contributed by atoms with Gasteiger partial charge in [-0.2, -0.15) is 0 Å². The first-order valence-corrected chi connectivity index (χ1v) is 11.9. The second-order valence-electron chi connectivity index (χ2n) is 10.2. The van der Waals surface area contributed by atoms with E-state index in [0.29, 0.717) is 13.0 Å². The number of aliphatic carboxylic acids is 1. The first kappa shape index (κ1) is 24.7. The molecule has 1 heterocycles. The highest BCUT2D eigenvalue weighted by Crippen LogP contribution is 2.44. The van der Waals surface area contributed by atoms with Gasteiger partial charge in [0.1, 0.15) is 18.8 Å². The summed E-state index contributed by atoms with van der Waals surface area (Å²) in [4.78, 5) is 36.9. The summed E-state index contributed by atoms with van der Waals surface area (Å²) in [6.07, 6.45) is -0.807. The van der Waals surface area contributed by atoms with E-state index in [9.17, 15) is 19.5 Å². The number of hydrogen-bond acceptors (Lipinski definition) is 5. The third kappa shape index (κ3) is 5.32. The van der Waals surface area contributed by atoms with Crippen molar-refractivity contribution in [3.63, 3.8) is 0 Å². The minimum absolute atomic E-state index is 0.0353. The van der Waals surface area contributed by atoms with Crippen LogP contribution < -0.4 is 10.6 Å². The molecule has 2 aliphatic rings. The van der Waals surface area contributed by atoms with Crippen LogP contribution >= 0.6 is 0 Å². The highest BCUT2D eigenvalue weighted by molar-refractivity contribution is 5.87. The summed E-state index contributed by atoms with van der Waals surface area (Å²) in [6.45, 7) is 6.01. The number of carboxylic acid groups (broad SMARTS) is 1. The van der Waals surface area contributed by atoms with Gasteiger partial charge in [-0.05, 0) is 34.1 Å². The van der Waals surface area contributed by atoms with Gasteiger partial charge in [-0.15, -0.1) is 0 Å². The van der Waals surface area contributed by atoms with E-state index in [1.165, 1.54) is 0 Å². The highest BCUT2D eigenvalue weighted by Gasteiger charge is 2.39. The van der Waals surface area contributed by atoms with E-state index in [0.717, 1.165) is 22.3 Å². The number of ether oxygens (including phenoxy) is 2. The van der Waals surface area contributed by atoms with E-state index in [1.54, 1.807) is 20.8 Å². The van der Waals surface area contributed by atoms with Crippen LogP contribution in [-0.2, 0) is 19.1 Å². The molecule has 0 spiro atoms. The molecule has 8 nitrogen and oxygen atoms in total. The zero-order chi connectivity index (χ0) is 25.2. The summed E-state index contributed by atoms with van der Waals surface area (Å²) in [5, 5.41) is 14.8. The number of alkyl carbamates (subject to hydrolysis) is 1. The lowest BCUT2D eigenvalue weighted by molar-refractivity contribution is -0.147. The molecule has 1 saturated heterocycles. The van der Waals surface area contributed by atoms with Crippen molar-refractivity contribution in [1.29, 1.82) is 0 Å². The summed E-state index contributed by atoms with van der Waals surface area (Å²) >= 11 is 0. The van der Waals surface area contributed by atoms with E-state index in [4.69, 9.17) is 9.47 Å². The van der Waals surface area contributed by atoms with E-state index in [1.807, 2.05) is 24.3 Å². The van der Waals surface area contributed by atoms with E-state index >= 15 is 0 Å². The van der Waals surface area contributed by atoms with Crippen molar-refractivity contribution in [2.45, 2.75) is 45.3 Å². The second kappa shape index (κ2) is 10.1. The van der Waals surface area contributed by atoms with Crippen molar-refractivity contribution < 1.29 is 29.0 Å². The molecule has 0 bridgehead atoms. The average Bonchev–Trinajstić information content (AvgIpc) is 3.41. The van der Waals surface area contributed by atoms with Crippen LogP contribution in [0.5, 0.6) is 0 Å². The summed E-state index contributed by atoms with van der Waals surface area (Å²) in [7, 11) is 0. The normalized spacial score (nSPS) is 20.0. The van der Waals surface area contributed by atoms with E-state index in [2.05, 4.69) is 34.9 Å². The second-order valence-corrected chi connectivity index (χ2v) is 10.2. The molecule has 2 amide bonds. The van der Waals surface area contributed by atoms with Gasteiger partial charge in [0.2, 0.25) is 5.91 Å². The Morgan fingerprint density at radius 2 is 1.66 bits per heavy atom. The molecule has 0 saturated carbocycles. The predicted octanol–water partition coefficient (Wildman–Crippen LogP) is 3.55. The minimum Gasteiger partial charge on any atom is -0.480 e. The Kier molecular flexibility index (Phi) is 7.12. The van der Waals surface area contributed by atoms with Gasteiger partial charge in [0.25, 0.3) is 0 Å². The highest BCUT2D eigenvalue weighted by atomic mass is 16.5. The number of carboxylic acids is 1. The summed E-state index contributed by atoms with van der Waals surface area (Å²) < 4.78 is 11.1. The minimum atomic E-state index is -1.10. The molecule has 186 valence electrons. The number of benzene rings is 2. The molecule has 1 aliphatic carbocycles. The molecule has 3 atom stereocenters. The molecule has 3 N–H and O–H groups in total. The number of rotatable bonds is 7. The van der Waals surface area contributed by atoms with Gasteiger partial charge in [0, 0.05) is 25.0 Å². The first-order chi connectivity index (χ1) is 16.7. The number of carbonyl (C=O) groups excluding carboxylic acids is 2. The molecule has 2 aromatic carbocycles. The van der Waals surface area contributed by atoms with Crippen molar-refractivity contribution in [3.05, 3.63) is 59.7 Å². The van der Waals surface area contributed by atoms with Crippen LogP contribution in [0.2, 0.25) is 0 Å². The van der Waals surface area contributed by atoms with Crippen LogP contribution in [0.25, 0.3) is 11.1 Å². The number of amides is 2. The zero-order valence-corrected chi connectivity index (χ0v) is 20.2. The van der Waals surface area contributed by atoms with Crippen molar-refractivity contribution in [1.82, 2.24) is 10.6 Å². The van der Waals surface area contributed by atoms with Gasteiger partial charge >= 0.3 is 12.1 Å². The Labute approximate surface area is 205 Å². The standard InChI is InChI=1S/C27H32N2O6/c1-27(2,3)23(25(31)32)29-24(30)22-16(12-13-34-22)14-28-26(33)35-15-21-19-10-6-4-8-17(19)18-9-5-7-11-20(18)21/h4-11,16,21-23H,12-15H2,1-3H3,(H,28,33)(H,29,30)(H,31,32)/t16-,22-,23+/m0/s1. The molecule has 8 heteroatoms. The van der Waals surface area contributed by atoms with Crippen LogP contribution in [-0.4, -0.2) is 55.0 Å². The fourth-order valence-corrected chi connectivity index (χ4v) is 4.87. The van der Waals surface area contributed by atoms with E-state index in [-0.39, 0.29) is 25.0 Å². The smallest absolute Gasteiger partial charge is 0.407 e. The number of nitrogens with one attached hydrogen (secondary N) is 2. The Morgan fingerprint density at radius 3 is 2.23 bits per heavy atom. The van der Waals surface area contributed by atoms with Crippen molar-refractivity contribution in [2.24, 2.45) is 11.3 Å². The third-order valence-corrected chi connectivity index (χ3v) is 6.72. The van der Waals surface area contributed by atoms with Crippen LogP contribution in [0, 0.1) is 11.3 Å². The van der Waals surface area contributed by atoms with Gasteiger partial charge in [-0.3, -0.25) is 4.79 Å². The number of fused-ring (bicyclic) bond motifs is 3. The quantitative estimate of drug-likeness (QED) is 0.559. The van der Waals surface area contributed by atoms with Gasteiger partial charge < -0.3 is 25.2 Å². The molecule has 2 aromatic rings. The lowest BCUT2D eigenvalue weighted by Gasteiger charge is -2.29. The van der Waals surface area contributed by atoms with E-state index < -0.39 is 35.5 Å². The maximum absolute atomic E-state index is 12.8. The lowest BCUT2D eigenvalue weighted by Crippen LogP contribution is -2.53. The monoisotopic (exact) mass is 480 g/mol. The molecule has 0 radical (unpaired) electrons. The summed E-state index contributed by atoms with van der Waals surface area (Å²) in [6, 6.07) is 15.2. The summed E-state index contributed by atoms with van der Waals surface area (Å²) in [5.74, 6) is -1.89. The maximum atomic E-state index is 12.8. The molecule has 0 aromatic heterocycles.